The third-order valence-corrected chi connectivity index (χ3v) is 6.57. The number of methoxy groups -OCH3 is 1. The van der Waals surface area contributed by atoms with Gasteiger partial charge in [0.05, 0.1) is 34.3 Å². The zero-order valence-electron chi connectivity index (χ0n) is 17.1. The maximum atomic E-state index is 13.0. The standard InChI is InChI=1S/C22H18N4O3S3/c1-12-10-15(21(28)29-2)20(32-12)24-22(30)26-25-19(27)14-11-17(18-8-5-9-31-18)23-16-7-4-3-6-13(14)16/h3-11H,1-2H3,(H,25,27)(H2,24,26,30). The number of benzene rings is 1. The van der Waals surface area contributed by atoms with Crippen molar-refractivity contribution in [2.75, 3.05) is 12.4 Å². The summed E-state index contributed by atoms with van der Waals surface area (Å²) in [4.78, 5) is 31.5. The molecule has 0 saturated heterocycles. The van der Waals surface area contributed by atoms with Crippen molar-refractivity contribution in [2.24, 2.45) is 0 Å². The van der Waals surface area contributed by atoms with Gasteiger partial charge in [0.25, 0.3) is 5.91 Å². The number of hydrogen-bond acceptors (Lipinski definition) is 7. The summed E-state index contributed by atoms with van der Waals surface area (Å²) in [7, 11) is 1.32. The van der Waals surface area contributed by atoms with E-state index in [-0.39, 0.29) is 11.0 Å². The maximum Gasteiger partial charge on any atom is 0.340 e. The molecule has 3 heterocycles. The molecule has 3 aromatic heterocycles. The molecule has 7 nitrogen and oxygen atoms in total. The molecule has 0 unspecified atom stereocenters. The van der Waals surface area contributed by atoms with Crippen molar-refractivity contribution in [3.8, 4) is 10.6 Å². The summed E-state index contributed by atoms with van der Waals surface area (Å²) in [5.41, 5.74) is 7.62. The number of fused-ring (bicyclic) bond motifs is 1. The topological polar surface area (TPSA) is 92.4 Å². The average molecular weight is 483 g/mol. The second-order valence-corrected chi connectivity index (χ2v) is 9.29. The van der Waals surface area contributed by atoms with E-state index in [9.17, 15) is 9.59 Å². The molecular formula is C22H18N4O3S3. The first-order valence-electron chi connectivity index (χ1n) is 9.46. The number of nitrogens with zero attached hydrogens (tertiary/aromatic N) is 1. The van der Waals surface area contributed by atoms with Crippen molar-refractivity contribution in [1.82, 2.24) is 15.8 Å². The first-order chi connectivity index (χ1) is 15.5. The van der Waals surface area contributed by atoms with Gasteiger partial charge in [0, 0.05) is 10.3 Å². The molecule has 0 aliphatic rings. The second-order valence-electron chi connectivity index (χ2n) is 6.67. The fraction of sp³-hybridized carbons (Fsp3) is 0.0909. The number of anilines is 1. The van der Waals surface area contributed by atoms with Crippen LogP contribution in [0, 0.1) is 6.92 Å². The Morgan fingerprint density at radius 2 is 1.88 bits per heavy atom. The highest BCUT2D eigenvalue weighted by atomic mass is 32.1. The minimum absolute atomic E-state index is 0.141. The number of pyridine rings is 1. The van der Waals surface area contributed by atoms with Crippen LogP contribution in [0.3, 0.4) is 0 Å². The maximum absolute atomic E-state index is 13.0. The van der Waals surface area contributed by atoms with Gasteiger partial charge in [-0.15, -0.1) is 22.7 Å². The van der Waals surface area contributed by atoms with Gasteiger partial charge in [0.15, 0.2) is 5.11 Å². The number of esters is 1. The molecule has 1 aromatic carbocycles. The average Bonchev–Trinajstić information content (AvgIpc) is 3.46. The van der Waals surface area contributed by atoms with E-state index in [4.69, 9.17) is 17.0 Å². The number of thiophene rings is 2. The molecule has 4 rings (SSSR count). The van der Waals surface area contributed by atoms with Crippen LogP contribution in [-0.4, -0.2) is 29.1 Å². The lowest BCUT2D eigenvalue weighted by atomic mass is 10.1. The molecule has 1 amide bonds. The highest BCUT2D eigenvalue weighted by molar-refractivity contribution is 7.80. The molecular weight excluding hydrogens is 464 g/mol. The minimum Gasteiger partial charge on any atom is -0.465 e. The summed E-state index contributed by atoms with van der Waals surface area (Å²) in [5.74, 6) is -0.825. The van der Waals surface area contributed by atoms with Gasteiger partial charge in [-0.3, -0.25) is 15.6 Å². The number of aromatic nitrogens is 1. The van der Waals surface area contributed by atoms with E-state index in [1.54, 1.807) is 23.5 Å². The molecule has 0 bridgehead atoms. The number of amides is 1. The molecule has 0 saturated carbocycles. The SMILES string of the molecule is COC(=O)c1cc(C)sc1NC(=S)NNC(=O)c1cc(-c2cccs2)nc2ccccc12. The molecule has 0 aliphatic heterocycles. The van der Waals surface area contributed by atoms with E-state index >= 15 is 0 Å². The molecule has 4 aromatic rings. The monoisotopic (exact) mass is 482 g/mol. The lowest BCUT2D eigenvalue weighted by Gasteiger charge is -2.13. The lowest BCUT2D eigenvalue weighted by Crippen LogP contribution is -2.43. The summed E-state index contributed by atoms with van der Waals surface area (Å²) in [6.07, 6.45) is 0. The number of aryl methyl sites for hydroxylation is 1. The van der Waals surface area contributed by atoms with Crippen LogP contribution in [0.15, 0.2) is 53.9 Å². The number of hydrogen-bond donors (Lipinski definition) is 3. The largest absolute Gasteiger partial charge is 0.465 e. The summed E-state index contributed by atoms with van der Waals surface area (Å²) in [6, 6.07) is 14.8. The number of carbonyl (C=O) groups excluding carboxylic acids is 2. The molecule has 0 spiro atoms. The fourth-order valence-corrected chi connectivity index (χ4v) is 4.91. The summed E-state index contributed by atoms with van der Waals surface area (Å²) < 4.78 is 4.80. The molecule has 162 valence electrons. The van der Waals surface area contributed by atoms with Gasteiger partial charge in [-0.25, -0.2) is 9.78 Å². The Morgan fingerprint density at radius 1 is 1.06 bits per heavy atom. The lowest BCUT2D eigenvalue weighted by molar-refractivity contribution is 0.0602. The van der Waals surface area contributed by atoms with Crippen LogP contribution in [0.25, 0.3) is 21.5 Å². The first-order valence-corrected chi connectivity index (χ1v) is 11.6. The highest BCUT2D eigenvalue weighted by Crippen LogP contribution is 2.29. The predicted octanol–water partition coefficient (Wildman–Crippen LogP) is 4.75. The van der Waals surface area contributed by atoms with Crippen LogP contribution >= 0.6 is 34.9 Å². The number of ether oxygens (including phenoxy) is 1. The highest BCUT2D eigenvalue weighted by Gasteiger charge is 2.17. The van der Waals surface area contributed by atoms with Gasteiger partial charge in [-0.1, -0.05) is 24.3 Å². The van der Waals surface area contributed by atoms with Gasteiger partial charge in [-0.2, -0.15) is 0 Å². The van der Waals surface area contributed by atoms with Gasteiger partial charge >= 0.3 is 5.97 Å². The molecule has 3 N–H and O–H groups in total. The second kappa shape index (κ2) is 9.43. The van der Waals surface area contributed by atoms with E-state index in [0.717, 1.165) is 26.4 Å². The summed E-state index contributed by atoms with van der Waals surface area (Å²) in [6.45, 7) is 1.88. The molecule has 0 atom stereocenters. The minimum atomic E-state index is -0.465. The van der Waals surface area contributed by atoms with Crippen molar-refractivity contribution >= 4 is 67.8 Å². The normalized spacial score (nSPS) is 10.6. The molecule has 0 aliphatic carbocycles. The van der Waals surface area contributed by atoms with Gasteiger partial charge in [-0.05, 0) is 48.8 Å². The Labute approximate surface area is 197 Å². The van der Waals surface area contributed by atoms with Crippen molar-refractivity contribution < 1.29 is 14.3 Å². The third-order valence-electron chi connectivity index (χ3n) is 4.51. The fourth-order valence-electron chi connectivity index (χ4n) is 3.10. The van der Waals surface area contributed by atoms with Crippen LogP contribution in [-0.2, 0) is 4.74 Å². The number of nitrogens with one attached hydrogen (secondary N) is 3. The van der Waals surface area contributed by atoms with E-state index in [2.05, 4.69) is 21.2 Å². The van der Waals surface area contributed by atoms with Crippen LogP contribution in [0.5, 0.6) is 0 Å². The Morgan fingerprint density at radius 3 is 2.62 bits per heavy atom. The van der Waals surface area contributed by atoms with E-state index in [1.165, 1.54) is 18.4 Å². The summed E-state index contributed by atoms with van der Waals surface area (Å²) >= 11 is 8.20. The van der Waals surface area contributed by atoms with Crippen molar-refractivity contribution in [3.63, 3.8) is 0 Å². The van der Waals surface area contributed by atoms with Gasteiger partial charge in [0.1, 0.15) is 5.00 Å². The van der Waals surface area contributed by atoms with E-state index in [1.807, 2.05) is 48.7 Å². The van der Waals surface area contributed by atoms with Gasteiger partial charge < -0.3 is 10.1 Å². The summed E-state index contributed by atoms with van der Waals surface area (Å²) in [5, 5.41) is 6.31. The van der Waals surface area contributed by atoms with Crippen molar-refractivity contribution in [3.05, 3.63) is 69.9 Å². The zero-order valence-corrected chi connectivity index (χ0v) is 19.5. The number of rotatable bonds is 4. The zero-order chi connectivity index (χ0) is 22.7. The van der Waals surface area contributed by atoms with Crippen LogP contribution in [0.4, 0.5) is 5.00 Å². The predicted molar refractivity (Wildman–Crippen MR) is 132 cm³/mol. The van der Waals surface area contributed by atoms with Crippen LogP contribution < -0.4 is 16.2 Å². The van der Waals surface area contributed by atoms with Crippen molar-refractivity contribution in [1.29, 1.82) is 0 Å². The molecule has 32 heavy (non-hydrogen) atoms. The number of hydrazine groups is 1. The van der Waals surface area contributed by atoms with Crippen molar-refractivity contribution in [2.45, 2.75) is 6.92 Å². The Balaban J connectivity index is 1.52. The number of thiocarbonyl (C=S) groups is 1. The molecule has 10 heteroatoms. The molecule has 0 fully saturated rings. The van der Waals surface area contributed by atoms with E-state index < -0.39 is 5.97 Å². The quantitative estimate of drug-likeness (QED) is 0.220. The van der Waals surface area contributed by atoms with Gasteiger partial charge in [0.2, 0.25) is 0 Å². The smallest absolute Gasteiger partial charge is 0.340 e. The number of carbonyl (C=O) groups is 2. The third kappa shape index (κ3) is 4.62. The Bertz CT molecular complexity index is 1320. The van der Waals surface area contributed by atoms with Crippen LogP contribution in [0.2, 0.25) is 0 Å². The molecule has 0 radical (unpaired) electrons. The number of para-hydroxylation sites is 1. The van der Waals surface area contributed by atoms with E-state index in [0.29, 0.717) is 16.1 Å². The Kier molecular flexibility index (Phi) is 6.45. The Hall–Kier alpha value is -3.34. The van der Waals surface area contributed by atoms with Crippen LogP contribution in [0.1, 0.15) is 25.6 Å². The first kappa shape index (κ1) is 21.9.